The second-order valence-electron chi connectivity index (χ2n) is 1.63. The maximum absolute atomic E-state index is 5.07. The molecular formula is C6H12O2S2-2. The Morgan fingerprint density at radius 3 is 1.40 bits per heavy atom. The van der Waals surface area contributed by atoms with Crippen LogP contribution in [0, 0.1) is 0 Å². The van der Waals surface area contributed by atoms with Gasteiger partial charge in [-0.15, -0.1) is 0 Å². The van der Waals surface area contributed by atoms with Gasteiger partial charge in [-0.05, 0) is 0 Å². The molecule has 0 N–H and O–H groups in total. The second-order valence-corrected chi connectivity index (χ2v) is 2.45. The molecule has 62 valence electrons. The van der Waals surface area contributed by atoms with Crippen LogP contribution in [-0.4, -0.2) is 37.9 Å². The number of rotatable bonds is 7. The second kappa shape index (κ2) is 9.62. The van der Waals surface area contributed by atoms with Crippen LogP contribution < -0.4 is 0 Å². The monoisotopic (exact) mass is 180 g/mol. The molecule has 10 heavy (non-hydrogen) atoms. The first-order valence-electron chi connectivity index (χ1n) is 3.23. The maximum atomic E-state index is 5.07. The lowest BCUT2D eigenvalue weighted by atomic mass is 10.7. The van der Waals surface area contributed by atoms with Gasteiger partial charge in [0.05, 0.1) is 13.2 Å². The predicted octanol–water partition coefficient (Wildman–Crippen LogP) is 0.113. The normalized spacial score (nSPS) is 10.2. The van der Waals surface area contributed by atoms with Gasteiger partial charge in [-0.1, -0.05) is 0 Å². The Morgan fingerprint density at radius 1 is 0.700 bits per heavy atom. The first-order chi connectivity index (χ1) is 4.91. The van der Waals surface area contributed by atoms with Gasteiger partial charge in [0, 0.05) is 13.2 Å². The van der Waals surface area contributed by atoms with Crippen LogP contribution in [0.2, 0.25) is 0 Å². The van der Waals surface area contributed by atoms with Crippen LogP contribution >= 0.6 is 0 Å². The minimum Gasteiger partial charge on any atom is -0.790 e. The van der Waals surface area contributed by atoms with E-state index in [1.165, 1.54) is 0 Å². The third kappa shape index (κ3) is 8.62. The van der Waals surface area contributed by atoms with Crippen LogP contribution in [0.5, 0.6) is 0 Å². The summed E-state index contributed by atoms with van der Waals surface area (Å²) in [5.41, 5.74) is 0. The topological polar surface area (TPSA) is 18.5 Å². The summed E-state index contributed by atoms with van der Waals surface area (Å²) in [7, 11) is 0. The first kappa shape index (κ1) is 10.6. The molecule has 0 unspecified atom stereocenters. The van der Waals surface area contributed by atoms with Crippen molar-refractivity contribution in [3.05, 3.63) is 0 Å². The molecule has 0 rings (SSSR count). The largest absolute Gasteiger partial charge is 0.790 e. The van der Waals surface area contributed by atoms with Crippen LogP contribution in [0.25, 0.3) is 0 Å². The Kier molecular flexibility index (Phi) is 10.2. The van der Waals surface area contributed by atoms with Gasteiger partial charge in [-0.2, -0.15) is 11.5 Å². The molecule has 0 aliphatic carbocycles. The summed E-state index contributed by atoms with van der Waals surface area (Å²) >= 11 is 9.34. The molecule has 0 saturated carbocycles. The number of hydrogen-bond donors (Lipinski definition) is 0. The Bertz CT molecular complexity index is 53.7. The van der Waals surface area contributed by atoms with Crippen molar-refractivity contribution >= 4 is 25.3 Å². The summed E-state index contributed by atoms with van der Waals surface area (Å²) < 4.78 is 10.1. The van der Waals surface area contributed by atoms with Gasteiger partial charge in [0.25, 0.3) is 0 Å². The van der Waals surface area contributed by atoms with Gasteiger partial charge in [-0.25, -0.2) is 0 Å². The van der Waals surface area contributed by atoms with Crippen LogP contribution in [0.4, 0.5) is 0 Å². The van der Waals surface area contributed by atoms with Crippen LogP contribution in [0.3, 0.4) is 0 Å². The van der Waals surface area contributed by atoms with E-state index in [2.05, 4.69) is 25.3 Å². The molecule has 0 aliphatic heterocycles. The molecule has 0 saturated heterocycles. The Labute approximate surface area is 73.1 Å². The highest BCUT2D eigenvalue weighted by Gasteiger charge is 1.82. The van der Waals surface area contributed by atoms with Gasteiger partial charge in [0.1, 0.15) is 0 Å². The van der Waals surface area contributed by atoms with Crippen molar-refractivity contribution in [3.8, 4) is 0 Å². The summed E-state index contributed by atoms with van der Waals surface area (Å²) in [6.07, 6.45) is 0. The zero-order chi connectivity index (χ0) is 7.66. The molecular weight excluding hydrogens is 168 g/mol. The fraction of sp³-hybridized carbons (Fsp3) is 1.00. The zero-order valence-electron chi connectivity index (χ0n) is 5.88. The van der Waals surface area contributed by atoms with Crippen molar-refractivity contribution in [2.75, 3.05) is 37.9 Å². The minimum absolute atomic E-state index is 0.631. The van der Waals surface area contributed by atoms with Crippen molar-refractivity contribution in [1.82, 2.24) is 0 Å². The molecule has 0 fully saturated rings. The molecule has 0 amide bonds. The van der Waals surface area contributed by atoms with E-state index in [-0.39, 0.29) is 0 Å². The lowest BCUT2D eigenvalue weighted by Crippen LogP contribution is -2.08. The van der Waals surface area contributed by atoms with E-state index < -0.39 is 0 Å². The van der Waals surface area contributed by atoms with Crippen molar-refractivity contribution in [1.29, 1.82) is 0 Å². The minimum atomic E-state index is 0.631. The summed E-state index contributed by atoms with van der Waals surface area (Å²) in [6.45, 7) is 2.55. The Balaban J connectivity index is 2.65. The van der Waals surface area contributed by atoms with Gasteiger partial charge < -0.3 is 34.7 Å². The highest BCUT2D eigenvalue weighted by atomic mass is 32.1. The maximum Gasteiger partial charge on any atom is 0.0699 e. The molecule has 0 aromatic heterocycles. The van der Waals surface area contributed by atoms with Crippen molar-refractivity contribution in [3.63, 3.8) is 0 Å². The Hall–Kier alpha value is 0.620. The number of hydrogen-bond acceptors (Lipinski definition) is 4. The summed E-state index contributed by atoms with van der Waals surface area (Å²) in [5.74, 6) is 1.31. The van der Waals surface area contributed by atoms with E-state index in [0.717, 1.165) is 0 Å². The summed E-state index contributed by atoms with van der Waals surface area (Å²) in [4.78, 5) is 0. The standard InChI is InChI=1S/C6H14O2S2/c9-5-3-7-1-2-8-4-6-10/h9-10H,1-6H2/p-2. The lowest BCUT2D eigenvalue weighted by Gasteiger charge is -2.07. The fourth-order valence-corrected chi connectivity index (χ4v) is 0.676. The molecule has 0 bridgehead atoms. The molecule has 0 radical (unpaired) electrons. The highest BCUT2D eigenvalue weighted by Crippen LogP contribution is 1.77. The molecule has 0 aromatic carbocycles. The van der Waals surface area contributed by atoms with E-state index in [0.29, 0.717) is 37.9 Å². The first-order valence-corrected chi connectivity index (χ1v) is 4.39. The molecule has 0 aliphatic rings. The summed E-state index contributed by atoms with van der Waals surface area (Å²) in [5, 5.41) is 0. The van der Waals surface area contributed by atoms with Crippen LogP contribution in [0.1, 0.15) is 0 Å². The van der Waals surface area contributed by atoms with Gasteiger partial charge in [-0.3, -0.25) is 0 Å². The van der Waals surface area contributed by atoms with Gasteiger partial charge in [0.15, 0.2) is 0 Å². The van der Waals surface area contributed by atoms with Crippen molar-refractivity contribution in [2.24, 2.45) is 0 Å². The average Bonchev–Trinajstić information content (AvgIpc) is 1.97. The Morgan fingerprint density at radius 2 is 1.10 bits per heavy atom. The van der Waals surface area contributed by atoms with E-state index >= 15 is 0 Å². The zero-order valence-corrected chi connectivity index (χ0v) is 7.51. The van der Waals surface area contributed by atoms with Gasteiger partial charge >= 0.3 is 0 Å². The number of ether oxygens (including phenoxy) is 2. The molecule has 2 nitrogen and oxygen atoms in total. The average molecular weight is 180 g/mol. The van der Waals surface area contributed by atoms with Gasteiger partial charge in [0.2, 0.25) is 0 Å². The quantitative estimate of drug-likeness (QED) is 0.409. The van der Waals surface area contributed by atoms with Crippen LogP contribution in [-0.2, 0) is 34.7 Å². The molecule has 4 heteroatoms. The van der Waals surface area contributed by atoms with Crippen molar-refractivity contribution < 1.29 is 9.47 Å². The third-order valence-electron chi connectivity index (χ3n) is 0.827. The highest BCUT2D eigenvalue weighted by molar-refractivity contribution is 7.58. The fourth-order valence-electron chi connectivity index (χ4n) is 0.440. The molecule has 0 aromatic rings. The lowest BCUT2D eigenvalue weighted by molar-refractivity contribution is 0.0606. The molecule has 0 spiro atoms. The van der Waals surface area contributed by atoms with E-state index in [4.69, 9.17) is 9.47 Å². The predicted molar refractivity (Wildman–Crippen MR) is 46.1 cm³/mol. The third-order valence-corrected chi connectivity index (χ3v) is 1.16. The molecule has 0 atom stereocenters. The van der Waals surface area contributed by atoms with E-state index in [9.17, 15) is 0 Å². The SMILES string of the molecule is [S-]CCOCCOCC[S-]. The van der Waals surface area contributed by atoms with Crippen LogP contribution in [0.15, 0.2) is 0 Å². The molecule has 0 heterocycles. The van der Waals surface area contributed by atoms with E-state index in [1.807, 2.05) is 0 Å². The van der Waals surface area contributed by atoms with Crippen molar-refractivity contribution in [2.45, 2.75) is 0 Å². The summed E-state index contributed by atoms with van der Waals surface area (Å²) in [6, 6.07) is 0. The van der Waals surface area contributed by atoms with E-state index in [1.54, 1.807) is 0 Å². The smallest absolute Gasteiger partial charge is 0.0699 e.